The van der Waals surface area contributed by atoms with Gasteiger partial charge in [-0.05, 0) is 24.7 Å². The fourth-order valence-electron chi connectivity index (χ4n) is 2.71. The fraction of sp³-hybridized carbons (Fsp3) is 0.950. The number of rotatable bonds is 15. The predicted octanol–water partition coefficient (Wildman–Crippen LogP) is 6.52. The van der Waals surface area contributed by atoms with Gasteiger partial charge in [-0.15, -0.1) is 0 Å². The van der Waals surface area contributed by atoms with Crippen molar-refractivity contribution < 1.29 is 9.53 Å². The fourth-order valence-corrected chi connectivity index (χ4v) is 2.71. The van der Waals surface area contributed by atoms with Crippen LogP contribution in [0.3, 0.4) is 0 Å². The van der Waals surface area contributed by atoms with E-state index in [1.165, 1.54) is 57.8 Å². The van der Waals surface area contributed by atoms with Crippen molar-refractivity contribution in [2.45, 2.75) is 105 Å². The van der Waals surface area contributed by atoms with Crippen LogP contribution in [-0.4, -0.2) is 12.6 Å². The molecule has 0 saturated carbocycles. The monoisotopic (exact) mass is 312 g/mol. The molecule has 132 valence electrons. The Morgan fingerprint density at radius 2 is 1.50 bits per heavy atom. The van der Waals surface area contributed by atoms with E-state index in [9.17, 15) is 4.79 Å². The number of ether oxygens (including phenoxy) is 1. The van der Waals surface area contributed by atoms with Gasteiger partial charge in [0.2, 0.25) is 0 Å². The van der Waals surface area contributed by atoms with Crippen LogP contribution in [0.4, 0.5) is 0 Å². The molecule has 0 heterocycles. The summed E-state index contributed by atoms with van der Waals surface area (Å²) >= 11 is 0. The second kappa shape index (κ2) is 15.4. The van der Waals surface area contributed by atoms with Gasteiger partial charge in [-0.1, -0.05) is 85.5 Å². The number of hydrogen-bond acceptors (Lipinski definition) is 2. The van der Waals surface area contributed by atoms with Crippen molar-refractivity contribution in [3.63, 3.8) is 0 Å². The summed E-state index contributed by atoms with van der Waals surface area (Å²) in [4.78, 5) is 11.7. The Morgan fingerprint density at radius 1 is 0.864 bits per heavy atom. The molecule has 2 heteroatoms. The molecule has 0 radical (unpaired) electrons. The summed E-state index contributed by atoms with van der Waals surface area (Å²) in [5.41, 5.74) is 0. The maximum Gasteiger partial charge on any atom is 0.305 e. The Hall–Kier alpha value is -0.530. The van der Waals surface area contributed by atoms with E-state index in [1.54, 1.807) is 0 Å². The minimum absolute atomic E-state index is 0.00903. The molecule has 0 rings (SSSR count). The quantitative estimate of drug-likeness (QED) is 0.254. The molecule has 0 fully saturated rings. The average Bonchev–Trinajstić information content (AvgIpc) is 2.49. The van der Waals surface area contributed by atoms with Crippen molar-refractivity contribution in [2.24, 2.45) is 11.8 Å². The predicted molar refractivity (Wildman–Crippen MR) is 96.0 cm³/mol. The molecule has 0 saturated heterocycles. The lowest BCUT2D eigenvalue weighted by molar-refractivity contribution is -0.145. The largest absolute Gasteiger partial charge is 0.465 e. The summed E-state index contributed by atoms with van der Waals surface area (Å²) in [6, 6.07) is 0. The summed E-state index contributed by atoms with van der Waals surface area (Å²) in [6.07, 6.45) is 14.2. The Morgan fingerprint density at radius 3 is 2.09 bits per heavy atom. The van der Waals surface area contributed by atoms with Gasteiger partial charge < -0.3 is 4.74 Å². The van der Waals surface area contributed by atoms with E-state index >= 15 is 0 Å². The maximum absolute atomic E-state index is 11.7. The third-order valence-electron chi connectivity index (χ3n) is 4.44. The molecular formula is C20H40O2. The van der Waals surface area contributed by atoms with Crippen molar-refractivity contribution >= 4 is 5.97 Å². The summed E-state index contributed by atoms with van der Waals surface area (Å²) in [7, 11) is 0. The minimum Gasteiger partial charge on any atom is -0.465 e. The lowest BCUT2D eigenvalue weighted by atomic mass is 10.0. The topological polar surface area (TPSA) is 26.3 Å². The van der Waals surface area contributed by atoms with Crippen LogP contribution in [0.25, 0.3) is 0 Å². The van der Waals surface area contributed by atoms with Crippen LogP contribution in [0.2, 0.25) is 0 Å². The summed E-state index contributed by atoms with van der Waals surface area (Å²) in [5, 5.41) is 0. The molecule has 0 aliphatic rings. The Kier molecular flexibility index (Phi) is 15.0. The van der Waals surface area contributed by atoms with Gasteiger partial charge in [-0.3, -0.25) is 4.79 Å². The smallest absolute Gasteiger partial charge is 0.305 e. The molecule has 0 bridgehead atoms. The van der Waals surface area contributed by atoms with Crippen molar-refractivity contribution in [3.05, 3.63) is 0 Å². The highest BCUT2D eigenvalue weighted by molar-refractivity contribution is 5.69. The summed E-state index contributed by atoms with van der Waals surface area (Å²) in [5.74, 6) is 1.40. The SMILES string of the molecule is CCCCC(CC)COC(=O)CCCCCCCCC(C)C. The van der Waals surface area contributed by atoms with Gasteiger partial charge in [0, 0.05) is 6.42 Å². The standard InChI is InChI=1S/C20H40O2/c1-5-7-15-19(6-2)17-22-20(21)16-13-11-9-8-10-12-14-18(3)4/h18-19H,5-17H2,1-4H3. The molecule has 0 aliphatic heterocycles. The first kappa shape index (κ1) is 21.5. The first-order chi connectivity index (χ1) is 10.6. The molecule has 1 atom stereocenters. The molecule has 0 amide bonds. The van der Waals surface area contributed by atoms with Crippen molar-refractivity contribution in [3.8, 4) is 0 Å². The van der Waals surface area contributed by atoms with E-state index in [0.29, 0.717) is 18.9 Å². The number of carbonyl (C=O) groups is 1. The van der Waals surface area contributed by atoms with Crippen LogP contribution in [-0.2, 0) is 9.53 Å². The van der Waals surface area contributed by atoms with E-state index in [-0.39, 0.29) is 5.97 Å². The van der Waals surface area contributed by atoms with Crippen LogP contribution >= 0.6 is 0 Å². The molecule has 2 nitrogen and oxygen atoms in total. The highest BCUT2D eigenvalue weighted by Crippen LogP contribution is 2.14. The van der Waals surface area contributed by atoms with Gasteiger partial charge in [-0.2, -0.15) is 0 Å². The van der Waals surface area contributed by atoms with Gasteiger partial charge in [0.15, 0.2) is 0 Å². The number of carbonyl (C=O) groups excluding carboxylic acids is 1. The van der Waals surface area contributed by atoms with Crippen LogP contribution in [0.5, 0.6) is 0 Å². The van der Waals surface area contributed by atoms with Crippen molar-refractivity contribution in [2.75, 3.05) is 6.61 Å². The van der Waals surface area contributed by atoms with Crippen LogP contribution < -0.4 is 0 Å². The number of hydrogen-bond donors (Lipinski definition) is 0. The van der Waals surface area contributed by atoms with Gasteiger partial charge in [0.05, 0.1) is 6.61 Å². The number of esters is 1. The molecule has 0 spiro atoms. The minimum atomic E-state index is 0.00903. The summed E-state index contributed by atoms with van der Waals surface area (Å²) in [6.45, 7) is 9.60. The van der Waals surface area contributed by atoms with E-state index in [0.717, 1.165) is 18.8 Å². The molecule has 22 heavy (non-hydrogen) atoms. The lowest BCUT2D eigenvalue weighted by Crippen LogP contribution is -2.13. The highest BCUT2D eigenvalue weighted by atomic mass is 16.5. The van der Waals surface area contributed by atoms with Gasteiger partial charge in [0.25, 0.3) is 0 Å². The lowest BCUT2D eigenvalue weighted by Gasteiger charge is -2.14. The van der Waals surface area contributed by atoms with Crippen LogP contribution in [0.15, 0.2) is 0 Å². The Balaban J connectivity index is 3.42. The van der Waals surface area contributed by atoms with Gasteiger partial charge in [0.1, 0.15) is 0 Å². The second-order valence-electron chi connectivity index (χ2n) is 7.15. The highest BCUT2D eigenvalue weighted by Gasteiger charge is 2.09. The number of unbranched alkanes of at least 4 members (excludes halogenated alkanes) is 6. The zero-order valence-electron chi connectivity index (χ0n) is 15.7. The first-order valence-corrected chi connectivity index (χ1v) is 9.75. The van der Waals surface area contributed by atoms with Crippen molar-refractivity contribution in [1.29, 1.82) is 0 Å². The zero-order chi connectivity index (χ0) is 16.6. The Bertz CT molecular complexity index is 248. The molecule has 0 aromatic carbocycles. The normalized spacial score (nSPS) is 12.6. The van der Waals surface area contributed by atoms with Crippen LogP contribution in [0, 0.1) is 11.8 Å². The van der Waals surface area contributed by atoms with Crippen molar-refractivity contribution in [1.82, 2.24) is 0 Å². The van der Waals surface area contributed by atoms with E-state index in [1.807, 2.05) is 0 Å². The average molecular weight is 313 g/mol. The molecule has 1 unspecified atom stereocenters. The third-order valence-corrected chi connectivity index (χ3v) is 4.44. The van der Waals surface area contributed by atoms with E-state index in [4.69, 9.17) is 4.74 Å². The molecular weight excluding hydrogens is 272 g/mol. The maximum atomic E-state index is 11.7. The molecule has 0 aromatic heterocycles. The zero-order valence-corrected chi connectivity index (χ0v) is 15.7. The van der Waals surface area contributed by atoms with Gasteiger partial charge in [-0.25, -0.2) is 0 Å². The van der Waals surface area contributed by atoms with E-state index in [2.05, 4.69) is 27.7 Å². The summed E-state index contributed by atoms with van der Waals surface area (Å²) < 4.78 is 5.42. The van der Waals surface area contributed by atoms with Crippen LogP contribution in [0.1, 0.15) is 105 Å². The van der Waals surface area contributed by atoms with Gasteiger partial charge >= 0.3 is 5.97 Å². The molecule has 0 N–H and O–H groups in total. The Labute approximate surface area is 139 Å². The second-order valence-corrected chi connectivity index (χ2v) is 7.15. The third kappa shape index (κ3) is 14.4. The first-order valence-electron chi connectivity index (χ1n) is 9.75. The molecule has 0 aromatic rings. The molecule has 0 aliphatic carbocycles. The van der Waals surface area contributed by atoms with E-state index < -0.39 is 0 Å².